The summed E-state index contributed by atoms with van der Waals surface area (Å²) in [6.45, 7) is 4.37. The largest absolute Gasteiger partial charge is 0.465 e. The van der Waals surface area contributed by atoms with E-state index >= 15 is 0 Å². The second-order valence-electron chi connectivity index (χ2n) is 6.64. The molecule has 7 nitrogen and oxygen atoms in total. The molecule has 0 aliphatic carbocycles. The van der Waals surface area contributed by atoms with E-state index in [9.17, 15) is 9.90 Å². The van der Waals surface area contributed by atoms with Crippen LogP contribution in [0.3, 0.4) is 0 Å². The molecule has 0 bridgehead atoms. The second kappa shape index (κ2) is 8.06. The normalized spacial score (nSPS) is 13.8. The molecule has 0 saturated carbocycles. The Labute approximate surface area is 162 Å². The number of carboxylic acid groups (broad SMARTS) is 1. The van der Waals surface area contributed by atoms with E-state index in [1.165, 1.54) is 16.2 Å². The van der Waals surface area contributed by atoms with Crippen LogP contribution in [-0.2, 0) is 0 Å². The lowest BCUT2D eigenvalue weighted by Crippen LogP contribution is -2.36. The molecule has 1 amide bonds. The molecular formula is C19H25N5O2S. The number of carbonyl (C=O) groups is 1. The minimum Gasteiger partial charge on any atom is -0.465 e. The lowest BCUT2D eigenvalue weighted by atomic mass is 9.96. The van der Waals surface area contributed by atoms with Gasteiger partial charge in [-0.2, -0.15) is 0 Å². The average molecular weight is 388 g/mol. The summed E-state index contributed by atoms with van der Waals surface area (Å²) in [6, 6.07) is 6.61. The van der Waals surface area contributed by atoms with E-state index < -0.39 is 6.09 Å². The first kappa shape index (κ1) is 19.3. The van der Waals surface area contributed by atoms with Crippen LogP contribution in [0.2, 0.25) is 0 Å². The zero-order chi connectivity index (χ0) is 19.6. The number of benzene rings is 1. The molecule has 3 aromatic rings. The number of anilines is 1. The zero-order valence-corrected chi connectivity index (χ0v) is 16.8. The predicted molar refractivity (Wildman–Crippen MR) is 109 cm³/mol. The Balaban J connectivity index is 2.06. The quantitative estimate of drug-likeness (QED) is 0.665. The van der Waals surface area contributed by atoms with Gasteiger partial charge in [-0.3, -0.25) is 4.90 Å². The number of nitrogens with zero attached hydrogens (tertiary/aromatic N) is 5. The van der Waals surface area contributed by atoms with E-state index in [1.807, 2.05) is 25.5 Å². The standard InChI is InChI=1S/C19H25N5O2S/c1-5-15(22(3)4)17(23-10-9-20-12-23)13-7-8-14-16(11-13)27-18(21-14)24(6-2)19(25)26/h7-12,15,17H,5-6H2,1-4H3,(H,25,26). The lowest BCUT2D eigenvalue weighted by molar-refractivity contribution is 0.202. The van der Waals surface area contributed by atoms with Gasteiger partial charge in [0.1, 0.15) is 0 Å². The van der Waals surface area contributed by atoms with Crippen LogP contribution in [0.25, 0.3) is 10.2 Å². The SMILES string of the molecule is CCC(C(c1ccc2nc(N(CC)C(=O)O)sc2c1)n1ccnc1)N(C)C. The lowest BCUT2D eigenvalue weighted by Gasteiger charge is -2.33. The molecule has 0 aliphatic rings. The Morgan fingerprint density at radius 1 is 1.33 bits per heavy atom. The molecule has 0 fully saturated rings. The van der Waals surface area contributed by atoms with Gasteiger partial charge in [-0.1, -0.05) is 24.3 Å². The van der Waals surface area contributed by atoms with Crippen molar-refractivity contribution in [3.8, 4) is 0 Å². The fourth-order valence-electron chi connectivity index (χ4n) is 3.48. The van der Waals surface area contributed by atoms with E-state index in [-0.39, 0.29) is 6.04 Å². The van der Waals surface area contributed by atoms with Crippen molar-refractivity contribution in [3.05, 3.63) is 42.5 Å². The van der Waals surface area contributed by atoms with Gasteiger partial charge in [0, 0.05) is 25.0 Å². The summed E-state index contributed by atoms with van der Waals surface area (Å²) in [5, 5.41) is 9.87. The van der Waals surface area contributed by atoms with E-state index in [0.717, 1.165) is 22.2 Å². The summed E-state index contributed by atoms with van der Waals surface area (Å²) in [5.74, 6) is 0. The summed E-state index contributed by atoms with van der Waals surface area (Å²) in [7, 11) is 4.18. The highest BCUT2D eigenvalue weighted by Crippen LogP contribution is 2.34. The van der Waals surface area contributed by atoms with Gasteiger partial charge in [-0.25, -0.2) is 14.8 Å². The van der Waals surface area contributed by atoms with Crippen molar-refractivity contribution >= 4 is 32.8 Å². The van der Waals surface area contributed by atoms with E-state index in [0.29, 0.717) is 17.7 Å². The summed E-state index contributed by atoms with van der Waals surface area (Å²) in [6.07, 6.45) is 5.65. The van der Waals surface area contributed by atoms with E-state index in [4.69, 9.17) is 0 Å². The van der Waals surface area contributed by atoms with Crippen LogP contribution in [0.15, 0.2) is 36.9 Å². The third-order valence-corrected chi connectivity index (χ3v) is 5.85. The van der Waals surface area contributed by atoms with Crippen molar-refractivity contribution in [2.75, 3.05) is 25.5 Å². The third kappa shape index (κ3) is 3.81. The molecule has 0 aliphatic heterocycles. The van der Waals surface area contributed by atoms with Crippen LogP contribution < -0.4 is 4.90 Å². The molecule has 2 unspecified atom stereocenters. The van der Waals surface area contributed by atoms with Crippen LogP contribution >= 0.6 is 11.3 Å². The number of aromatic nitrogens is 3. The molecule has 0 radical (unpaired) electrons. The molecule has 144 valence electrons. The minimum atomic E-state index is -0.980. The van der Waals surface area contributed by atoms with Crippen LogP contribution in [0, 0.1) is 0 Å². The number of hydrogen-bond donors (Lipinski definition) is 1. The van der Waals surface area contributed by atoms with Gasteiger partial charge in [0.25, 0.3) is 0 Å². The highest BCUT2D eigenvalue weighted by Gasteiger charge is 2.26. The molecule has 0 spiro atoms. The van der Waals surface area contributed by atoms with Crippen LogP contribution in [0.5, 0.6) is 0 Å². The van der Waals surface area contributed by atoms with Crippen LogP contribution in [0.4, 0.5) is 9.93 Å². The first-order valence-corrected chi connectivity index (χ1v) is 9.82. The molecule has 2 atom stereocenters. The summed E-state index contributed by atoms with van der Waals surface area (Å²) in [4.78, 5) is 23.7. The van der Waals surface area contributed by atoms with Gasteiger partial charge in [-0.05, 0) is 45.1 Å². The van der Waals surface area contributed by atoms with E-state index in [2.05, 4.69) is 52.6 Å². The fourth-order valence-corrected chi connectivity index (χ4v) is 4.55. The smallest absolute Gasteiger partial charge is 0.413 e. The molecule has 27 heavy (non-hydrogen) atoms. The minimum absolute atomic E-state index is 0.115. The Morgan fingerprint density at radius 3 is 2.67 bits per heavy atom. The van der Waals surface area contributed by atoms with Crippen LogP contribution in [0.1, 0.15) is 31.9 Å². The van der Waals surface area contributed by atoms with Crippen molar-refractivity contribution in [2.24, 2.45) is 0 Å². The number of imidazole rings is 1. The highest BCUT2D eigenvalue weighted by molar-refractivity contribution is 7.22. The number of hydrogen-bond acceptors (Lipinski definition) is 5. The van der Waals surface area contributed by atoms with Crippen LogP contribution in [-0.4, -0.2) is 57.3 Å². The van der Waals surface area contributed by atoms with Gasteiger partial charge in [0.05, 0.1) is 22.6 Å². The molecule has 0 saturated heterocycles. The number of likely N-dealkylation sites (N-methyl/N-ethyl adjacent to an activating group) is 1. The molecular weight excluding hydrogens is 362 g/mol. The monoisotopic (exact) mass is 387 g/mol. The Morgan fingerprint density at radius 2 is 2.11 bits per heavy atom. The van der Waals surface area contributed by atoms with Crippen molar-refractivity contribution in [1.82, 2.24) is 19.4 Å². The number of rotatable bonds is 7. The molecule has 2 heterocycles. The van der Waals surface area contributed by atoms with Gasteiger partial charge >= 0.3 is 6.09 Å². The Bertz CT molecular complexity index is 906. The number of amides is 1. The van der Waals surface area contributed by atoms with Gasteiger partial charge in [0.2, 0.25) is 0 Å². The first-order chi connectivity index (χ1) is 13.0. The summed E-state index contributed by atoms with van der Waals surface area (Å²) < 4.78 is 3.12. The molecule has 3 rings (SSSR count). The predicted octanol–water partition coefficient (Wildman–Crippen LogP) is 3.93. The third-order valence-electron chi connectivity index (χ3n) is 4.81. The van der Waals surface area contributed by atoms with Gasteiger partial charge in [0.15, 0.2) is 5.13 Å². The first-order valence-electron chi connectivity index (χ1n) is 9.01. The van der Waals surface area contributed by atoms with Gasteiger partial charge < -0.3 is 14.6 Å². The maximum Gasteiger partial charge on any atom is 0.413 e. The number of thiazole rings is 1. The van der Waals surface area contributed by atoms with Crippen molar-refractivity contribution < 1.29 is 9.90 Å². The molecule has 8 heteroatoms. The Hall–Kier alpha value is -2.45. The molecule has 1 N–H and O–H groups in total. The second-order valence-corrected chi connectivity index (χ2v) is 7.65. The fraction of sp³-hybridized carbons (Fsp3) is 0.421. The molecule has 2 aromatic heterocycles. The maximum absolute atomic E-state index is 11.4. The topological polar surface area (TPSA) is 74.5 Å². The summed E-state index contributed by atoms with van der Waals surface area (Å²) >= 11 is 1.41. The zero-order valence-electron chi connectivity index (χ0n) is 16.0. The van der Waals surface area contributed by atoms with Crippen molar-refractivity contribution in [1.29, 1.82) is 0 Å². The van der Waals surface area contributed by atoms with Crippen molar-refractivity contribution in [2.45, 2.75) is 32.4 Å². The van der Waals surface area contributed by atoms with E-state index in [1.54, 1.807) is 6.20 Å². The van der Waals surface area contributed by atoms with Crippen molar-refractivity contribution in [3.63, 3.8) is 0 Å². The molecule has 1 aromatic carbocycles. The Kier molecular flexibility index (Phi) is 5.76. The highest BCUT2D eigenvalue weighted by atomic mass is 32.1. The number of fused-ring (bicyclic) bond motifs is 1. The maximum atomic E-state index is 11.4. The summed E-state index contributed by atoms with van der Waals surface area (Å²) in [5.41, 5.74) is 1.98. The average Bonchev–Trinajstić information content (AvgIpc) is 3.28. The van der Waals surface area contributed by atoms with Gasteiger partial charge in [-0.15, -0.1) is 0 Å².